The number of morpholine rings is 1. The van der Waals surface area contributed by atoms with Crippen LogP contribution in [0.4, 0.5) is 0 Å². The van der Waals surface area contributed by atoms with E-state index < -0.39 is 0 Å². The number of halogens is 1. The van der Waals surface area contributed by atoms with Crippen molar-refractivity contribution in [1.82, 2.24) is 25.1 Å². The number of fused-ring (bicyclic) bond motifs is 3. The summed E-state index contributed by atoms with van der Waals surface area (Å²) >= 11 is 6.20. The lowest BCUT2D eigenvalue weighted by Gasteiger charge is -2.25. The van der Waals surface area contributed by atoms with Gasteiger partial charge in [-0.25, -0.2) is 4.98 Å². The molecule has 2 atom stereocenters. The topological polar surface area (TPSA) is 87.2 Å². The summed E-state index contributed by atoms with van der Waals surface area (Å²) in [6.07, 6.45) is 3.07. The summed E-state index contributed by atoms with van der Waals surface area (Å²) in [4.78, 5) is 9.37. The van der Waals surface area contributed by atoms with Crippen LogP contribution in [0.15, 0.2) is 24.4 Å². The number of hydrogen-bond donors (Lipinski definition) is 2. The van der Waals surface area contributed by atoms with Gasteiger partial charge in [0.1, 0.15) is 5.15 Å². The minimum absolute atomic E-state index is 0.0148. The third-order valence-corrected chi connectivity index (χ3v) is 5.29. The molecule has 2 unspecified atom stereocenters. The Morgan fingerprint density at radius 1 is 1.32 bits per heavy atom. The number of H-pyrrole nitrogens is 1. The first-order valence-corrected chi connectivity index (χ1v) is 8.60. The van der Waals surface area contributed by atoms with Crippen molar-refractivity contribution >= 4 is 22.5 Å². The zero-order valence-electron chi connectivity index (χ0n) is 13.3. The Balaban J connectivity index is 1.45. The van der Waals surface area contributed by atoms with E-state index >= 15 is 0 Å². The van der Waals surface area contributed by atoms with Crippen LogP contribution < -0.4 is 0 Å². The summed E-state index contributed by atoms with van der Waals surface area (Å²) in [6, 6.07) is 6.06. The van der Waals surface area contributed by atoms with Gasteiger partial charge in [0.25, 0.3) is 0 Å². The van der Waals surface area contributed by atoms with Crippen LogP contribution in [0.3, 0.4) is 0 Å². The Kier molecular flexibility index (Phi) is 3.41. The molecule has 2 bridgehead atoms. The van der Waals surface area contributed by atoms with Crippen molar-refractivity contribution in [2.45, 2.75) is 25.1 Å². The predicted molar refractivity (Wildman–Crippen MR) is 92.3 cm³/mol. The summed E-state index contributed by atoms with van der Waals surface area (Å²) in [6.45, 7) is 2.53. The van der Waals surface area contributed by atoms with Crippen molar-refractivity contribution in [2.24, 2.45) is 0 Å². The molecule has 3 aromatic rings. The van der Waals surface area contributed by atoms with Crippen molar-refractivity contribution in [3.05, 3.63) is 35.2 Å². The van der Waals surface area contributed by atoms with Crippen LogP contribution in [0.1, 0.15) is 12.1 Å². The molecule has 2 fully saturated rings. The van der Waals surface area contributed by atoms with Gasteiger partial charge in [0, 0.05) is 25.3 Å². The van der Waals surface area contributed by atoms with Crippen LogP contribution in [0, 0.1) is 0 Å². The number of pyridine rings is 1. The number of rotatable bonds is 3. The fraction of sp³-hybridized carbons (Fsp3) is 0.353. The molecule has 2 aliphatic heterocycles. The molecular formula is C17H16ClN5O2. The third kappa shape index (κ3) is 2.47. The summed E-state index contributed by atoms with van der Waals surface area (Å²) in [5.41, 5.74) is 2.71. The smallest absolute Gasteiger partial charge is 0.199 e. The van der Waals surface area contributed by atoms with Gasteiger partial charge in [-0.1, -0.05) is 11.6 Å². The molecule has 0 aliphatic carbocycles. The van der Waals surface area contributed by atoms with Crippen molar-refractivity contribution in [1.29, 1.82) is 0 Å². The first-order valence-electron chi connectivity index (χ1n) is 8.23. The third-order valence-electron chi connectivity index (χ3n) is 5.00. The molecule has 3 aromatic heterocycles. The van der Waals surface area contributed by atoms with Crippen LogP contribution in [0.5, 0.6) is 5.88 Å². The minimum atomic E-state index is 0.0148. The van der Waals surface area contributed by atoms with E-state index in [0.717, 1.165) is 31.8 Å². The van der Waals surface area contributed by atoms with Gasteiger partial charge in [-0.2, -0.15) is 5.10 Å². The largest absolute Gasteiger partial charge is 0.494 e. The van der Waals surface area contributed by atoms with Crippen molar-refractivity contribution in [3.8, 4) is 17.1 Å². The molecule has 0 amide bonds. The highest BCUT2D eigenvalue weighted by atomic mass is 35.5. The SMILES string of the molecule is Oc1[nH]c2ccnc(Cl)c2c1-c1ccc(CN2CC3CC2CO3)nn1. The van der Waals surface area contributed by atoms with Crippen molar-refractivity contribution in [2.75, 3.05) is 13.2 Å². The van der Waals surface area contributed by atoms with Gasteiger partial charge in [0.15, 0.2) is 5.88 Å². The van der Waals surface area contributed by atoms with Crippen LogP contribution in [0.2, 0.25) is 5.15 Å². The minimum Gasteiger partial charge on any atom is -0.494 e. The fourth-order valence-electron chi connectivity index (χ4n) is 3.79. The van der Waals surface area contributed by atoms with Crippen molar-refractivity contribution in [3.63, 3.8) is 0 Å². The zero-order chi connectivity index (χ0) is 17.0. The van der Waals surface area contributed by atoms with Gasteiger partial charge in [-0.15, -0.1) is 5.10 Å². The lowest BCUT2D eigenvalue weighted by Crippen LogP contribution is -2.36. The number of aromatic hydroxyl groups is 1. The zero-order valence-corrected chi connectivity index (χ0v) is 14.1. The van der Waals surface area contributed by atoms with E-state index in [0.29, 0.717) is 39.5 Å². The molecule has 0 spiro atoms. The highest BCUT2D eigenvalue weighted by molar-refractivity contribution is 6.35. The quantitative estimate of drug-likeness (QED) is 0.700. The van der Waals surface area contributed by atoms with E-state index in [9.17, 15) is 5.11 Å². The number of nitrogens with one attached hydrogen (secondary N) is 1. The van der Waals surface area contributed by atoms with Crippen molar-refractivity contribution < 1.29 is 9.84 Å². The first kappa shape index (κ1) is 15.1. The van der Waals surface area contributed by atoms with E-state index in [-0.39, 0.29) is 5.88 Å². The molecule has 7 nitrogen and oxygen atoms in total. The Hall–Kier alpha value is -2.22. The predicted octanol–water partition coefficient (Wildman–Crippen LogP) is 2.35. The molecular weight excluding hydrogens is 342 g/mol. The Labute approximate surface area is 148 Å². The van der Waals surface area contributed by atoms with Gasteiger partial charge in [-0.05, 0) is 24.6 Å². The molecule has 5 heterocycles. The lowest BCUT2D eigenvalue weighted by atomic mass is 10.1. The number of ether oxygens (including phenoxy) is 1. The molecule has 0 aromatic carbocycles. The van der Waals surface area contributed by atoms with E-state index in [2.05, 4.69) is 25.1 Å². The highest BCUT2D eigenvalue weighted by Crippen LogP contribution is 2.38. The summed E-state index contributed by atoms with van der Waals surface area (Å²) in [5.74, 6) is 0.0148. The van der Waals surface area contributed by atoms with Crippen LogP contribution in [0.25, 0.3) is 22.2 Å². The van der Waals surface area contributed by atoms with E-state index in [1.54, 1.807) is 12.3 Å². The fourth-order valence-corrected chi connectivity index (χ4v) is 4.05. The molecule has 8 heteroatoms. The molecule has 128 valence electrons. The number of aromatic amines is 1. The maximum Gasteiger partial charge on any atom is 0.199 e. The number of nitrogens with zero attached hydrogens (tertiary/aromatic N) is 4. The van der Waals surface area contributed by atoms with Gasteiger partial charge in [0.05, 0.1) is 40.6 Å². The van der Waals surface area contributed by atoms with E-state index in [1.165, 1.54) is 0 Å². The summed E-state index contributed by atoms with van der Waals surface area (Å²) in [5, 5.41) is 19.9. The molecule has 5 rings (SSSR count). The normalized spacial score (nSPS) is 22.9. The highest BCUT2D eigenvalue weighted by Gasteiger charge is 2.38. The average Bonchev–Trinajstić information content (AvgIpc) is 3.30. The van der Waals surface area contributed by atoms with Gasteiger partial charge in [0.2, 0.25) is 0 Å². The van der Waals surface area contributed by atoms with Crippen LogP contribution >= 0.6 is 11.6 Å². The van der Waals surface area contributed by atoms with Gasteiger partial charge >= 0.3 is 0 Å². The summed E-state index contributed by atoms with van der Waals surface area (Å²) in [7, 11) is 0. The number of aromatic nitrogens is 4. The molecule has 0 radical (unpaired) electrons. The molecule has 2 aliphatic rings. The molecule has 0 saturated carbocycles. The lowest BCUT2D eigenvalue weighted by molar-refractivity contribution is 0.0267. The Morgan fingerprint density at radius 3 is 2.96 bits per heavy atom. The second-order valence-corrected chi connectivity index (χ2v) is 6.92. The Bertz CT molecular complexity index is 942. The maximum atomic E-state index is 10.3. The van der Waals surface area contributed by atoms with E-state index in [4.69, 9.17) is 16.3 Å². The monoisotopic (exact) mass is 357 g/mol. The first-order chi connectivity index (χ1) is 12.2. The second kappa shape index (κ2) is 5.66. The molecule has 2 N–H and O–H groups in total. The number of hydrogen-bond acceptors (Lipinski definition) is 6. The van der Waals surface area contributed by atoms with Gasteiger partial charge < -0.3 is 14.8 Å². The maximum absolute atomic E-state index is 10.3. The average molecular weight is 358 g/mol. The van der Waals surface area contributed by atoms with Crippen LogP contribution in [-0.2, 0) is 11.3 Å². The van der Waals surface area contributed by atoms with Crippen LogP contribution in [-0.4, -0.2) is 55.5 Å². The number of likely N-dealkylation sites (tertiary alicyclic amines) is 1. The molecule has 25 heavy (non-hydrogen) atoms. The summed E-state index contributed by atoms with van der Waals surface area (Å²) < 4.78 is 5.63. The Morgan fingerprint density at radius 2 is 2.24 bits per heavy atom. The standard InChI is InChI=1S/C17H16ClN5O2/c18-16-14-12(3-4-19-16)20-17(24)15(14)13-2-1-9(21-22-13)6-23-7-11-5-10(23)8-25-11/h1-4,10-11,20,24H,5-8H2. The second-order valence-electron chi connectivity index (χ2n) is 6.56. The molecule has 2 saturated heterocycles. The van der Waals surface area contributed by atoms with Gasteiger partial charge in [-0.3, -0.25) is 4.90 Å². The van der Waals surface area contributed by atoms with E-state index in [1.807, 2.05) is 12.1 Å².